The third-order valence-electron chi connectivity index (χ3n) is 3.71. The van der Waals surface area contributed by atoms with Crippen molar-refractivity contribution < 1.29 is 14.3 Å². The van der Waals surface area contributed by atoms with Gasteiger partial charge in [-0.2, -0.15) is 0 Å². The summed E-state index contributed by atoms with van der Waals surface area (Å²) in [5.74, 6) is 0.355. The average molecular weight is 354 g/mol. The van der Waals surface area contributed by atoms with Crippen LogP contribution in [0.15, 0.2) is 16.6 Å². The largest absolute Gasteiger partial charge is 0.483 e. The second kappa shape index (κ2) is 7.59. The number of halogens is 1. The molecule has 1 aliphatic rings. The van der Waals surface area contributed by atoms with Crippen LogP contribution in [0.3, 0.4) is 0 Å². The van der Waals surface area contributed by atoms with Crippen molar-refractivity contribution in [3.63, 3.8) is 0 Å². The zero-order valence-electron chi connectivity index (χ0n) is 12.2. The first-order valence-electron chi connectivity index (χ1n) is 7.27. The van der Waals surface area contributed by atoms with Gasteiger partial charge in [0.05, 0.1) is 5.56 Å². The van der Waals surface area contributed by atoms with Gasteiger partial charge in [-0.05, 0) is 37.5 Å². The summed E-state index contributed by atoms with van der Waals surface area (Å²) in [4.78, 5) is 23.0. The third kappa shape index (κ3) is 4.56. The van der Waals surface area contributed by atoms with Crippen molar-refractivity contribution in [3.05, 3.63) is 27.7 Å². The van der Waals surface area contributed by atoms with Crippen LogP contribution in [0.4, 0.5) is 0 Å². The number of aryl methyl sites for hydroxylation is 1. The molecule has 0 heterocycles. The van der Waals surface area contributed by atoms with E-state index in [1.807, 2.05) is 13.0 Å². The van der Waals surface area contributed by atoms with Crippen molar-refractivity contribution in [2.75, 3.05) is 6.61 Å². The third-order valence-corrected chi connectivity index (χ3v) is 4.17. The molecule has 114 valence electrons. The molecule has 5 heteroatoms. The Morgan fingerprint density at radius 1 is 1.38 bits per heavy atom. The first-order chi connectivity index (χ1) is 10.1. The fourth-order valence-corrected chi connectivity index (χ4v) is 3.28. The van der Waals surface area contributed by atoms with E-state index in [2.05, 4.69) is 21.2 Å². The van der Waals surface area contributed by atoms with E-state index >= 15 is 0 Å². The molecule has 1 fully saturated rings. The van der Waals surface area contributed by atoms with Gasteiger partial charge >= 0.3 is 0 Å². The van der Waals surface area contributed by atoms with Crippen LogP contribution >= 0.6 is 15.9 Å². The highest BCUT2D eigenvalue weighted by Gasteiger charge is 2.16. The molecule has 1 saturated carbocycles. The van der Waals surface area contributed by atoms with E-state index in [-0.39, 0.29) is 18.6 Å². The summed E-state index contributed by atoms with van der Waals surface area (Å²) in [7, 11) is 0. The lowest BCUT2D eigenvalue weighted by Crippen LogP contribution is -2.39. The molecule has 0 unspecified atom stereocenters. The molecule has 1 N–H and O–H groups in total. The van der Waals surface area contributed by atoms with Crippen molar-refractivity contribution in [1.82, 2.24) is 5.32 Å². The number of benzene rings is 1. The maximum absolute atomic E-state index is 11.9. The Kier molecular flexibility index (Phi) is 5.79. The molecule has 1 amide bonds. The molecule has 1 aliphatic carbocycles. The molecule has 0 radical (unpaired) electrons. The second-order valence-electron chi connectivity index (χ2n) is 5.45. The Labute approximate surface area is 133 Å². The average Bonchev–Trinajstić information content (AvgIpc) is 2.46. The van der Waals surface area contributed by atoms with Gasteiger partial charge in [-0.3, -0.25) is 9.59 Å². The SMILES string of the molecule is Cc1cc(Br)cc(C=O)c1OCC(=O)NC1CCCCC1. The minimum Gasteiger partial charge on any atom is -0.483 e. The summed E-state index contributed by atoms with van der Waals surface area (Å²) < 4.78 is 6.37. The first kappa shape index (κ1) is 16.0. The number of aldehydes is 1. The number of carbonyl (C=O) groups excluding carboxylic acids is 2. The monoisotopic (exact) mass is 353 g/mol. The quantitative estimate of drug-likeness (QED) is 0.825. The molecule has 0 spiro atoms. The standard InChI is InChI=1S/C16H20BrNO3/c1-11-7-13(17)8-12(9-19)16(11)21-10-15(20)18-14-5-3-2-4-6-14/h7-9,14H,2-6,10H2,1H3,(H,18,20). The maximum atomic E-state index is 11.9. The van der Waals surface area contributed by atoms with Crippen molar-refractivity contribution in [3.8, 4) is 5.75 Å². The predicted molar refractivity (Wildman–Crippen MR) is 84.8 cm³/mol. The molecule has 0 saturated heterocycles. The van der Waals surface area contributed by atoms with Gasteiger partial charge in [0.15, 0.2) is 12.9 Å². The van der Waals surface area contributed by atoms with Gasteiger partial charge in [0.25, 0.3) is 5.91 Å². The molecule has 0 atom stereocenters. The lowest BCUT2D eigenvalue weighted by molar-refractivity contribution is -0.124. The Morgan fingerprint density at radius 3 is 2.76 bits per heavy atom. The van der Waals surface area contributed by atoms with Crippen LogP contribution in [0.1, 0.15) is 48.0 Å². The van der Waals surface area contributed by atoms with Gasteiger partial charge in [0.2, 0.25) is 0 Å². The number of ether oxygens (including phenoxy) is 1. The second-order valence-corrected chi connectivity index (χ2v) is 6.37. The lowest BCUT2D eigenvalue weighted by Gasteiger charge is -2.23. The molecule has 4 nitrogen and oxygen atoms in total. The van der Waals surface area contributed by atoms with Crippen LogP contribution in [0, 0.1) is 6.92 Å². The van der Waals surface area contributed by atoms with E-state index in [4.69, 9.17) is 4.74 Å². The van der Waals surface area contributed by atoms with E-state index in [9.17, 15) is 9.59 Å². The van der Waals surface area contributed by atoms with E-state index in [1.54, 1.807) is 6.07 Å². The molecule has 1 aromatic rings. The van der Waals surface area contributed by atoms with Crippen LogP contribution in [-0.4, -0.2) is 24.8 Å². The summed E-state index contributed by atoms with van der Waals surface area (Å²) in [5.41, 5.74) is 1.28. The van der Waals surface area contributed by atoms with E-state index < -0.39 is 0 Å². The number of amides is 1. The van der Waals surface area contributed by atoms with Crippen molar-refractivity contribution in [1.29, 1.82) is 0 Å². The van der Waals surface area contributed by atoms with Crippen LogP contribution in [0.2, 0.25) is 0 Å². The summed E-state index contributed by atoms with van der Waals surface area (Å²) in [6.07, 6.45) is 6.43. The van der Waals surface area contributed by atoms with Gasteiger partial charge in [-0.1, -0.05) is 35.2 Å². The van der Waals surface area contributed by atoms with Crippen molar-refractivity contribution in [2.45, 2.75) is 45.1 Å². The fraction of sp³-hybridized carbons (Fsp3) is 0.500. The van der Waals surface area contributed by atoms with Crippen molar-refractivity contribution in [2.24, 2.45) is 0 Å². The Balaban J connectivity index is 1.93. The summed E-state index contributed by atoms with van der Waals surface area (Å²) >= 11 is 3.34. The maximum Gasteiger partial charge on any atom is 0.258 e. The zero-order chi connectivity index (χ0) is 15.2. The number of nitrogens with one attached hydrogen (secondary N) is 1. The topological polar surface area (TPSA) is 55.4 Å². The van der Waals surface area contributed by atoms with Gasteiger partial charge < -0.3 is 10.1 Å². The van der Waals surface area contributed by atoms with Crippen LogP contribution in [0.25, 0.3) is 0 Å². The van der Waals surface area contributed by atoms with Crippen LogP contribution in [-0.2, 0) is 4.79 Å². The normalized spacial score (nSPS) is 15.5. The van der Waals surface area contributed by atoms with Crippen LogP contribution < -0.4 is 10.1 Å². The van der Waals surface area contributed by atoms with E-state index in [0.29, 0.717) is 11.3 Å². The van der Waals surface area contributed by atoms with E-state index in [0.717, 1.165) is 29.2 Å². The molecule has 21 heavy (non-hydrogen) atoms. The molecule has 0 aliphatic heterocycles. The molecule has 1 aromatic carbocycles. The number of carbonyl (C=O) groups is 2. The fourth-order valence-electron chi connectivity index (χ4n) is 2.69. The number of hydrogen-bond acceptors (Lipinski definition) is 3. The minimum atomic E-state index is -0.124. The Hall–Kier alpha value is -1.36. The zero-order valence-corrected chi connectivity index (χ0v) is 13.7. The summed E-state index contributed by atoms with van der Waals surface area (Å²) in [6.45, 7) is 1.80. The van der Waals surface area contributed by atoms with Gasteiger partial charge in [0, 0.05) is 10.5 Å². The smallest absolute Gasteiger partial charge is 0.258 e. The first-order valence-corrected chi connectivity index (χ1v) is 8.07. The van der Waals surface area contributed by atoms with Gasteiger partial charge in [-0.15, -0.1) is 0 Å². The van der Waals surface area contributed by atoms with Crippen molar-refractivity contribution >= 4 is 28.1 Å². The minimum absolute atomic E-state index is 0.0557. The highest BCUT2D eigenvalue weighted by atomic mass is 79.9. The Morgan fingerprint density at radius 2 is 2.10 bits per heavy atom. The summed E-state index contributed by atoms with van der Waals surface area (Å²) in [5, 5.41) is 3.00. The van der Waals surface area contributed by atoms with E-state index in [1.165, 1.54) is 19.3 Å². The number of hydrogen-bond donors (Lipinski definition) is 1. The molecular weight excluding hydrogens is 334 g/mol. The lowest BCUT2D eigenvalue weighted by atomic mass is 9.95. The molecule has 0 bridgehead atoms. The Bertz CT molecular complexity index is 524. The predicted octanol–water partition coefficient (Wildman–Crippen LogP) is 3.40. The highest BCUT2D eigenvalue weighted by Crippen LogP contribution is 2.26. The highest BCUT2D eigenvalue weighted by molar-refractivity contribution is 9.10. The van der Waals surface area contributed by atoms with Gasteiger partial charge in [-0.25, -0.2) is 0 Å². The van der Waals surface area contributed by atoms with Crippen LogP contribution in [0.5, 0.6) is 5.75 Å². The molecular formula is C16H20BrNO3. The summed E-state index contributed by atoms with van der Waals surface area (Å²) in [6, 6.07) is 3.82. The molecule has 2 rings (SSSR count). The molecule has 0 aromatic heterocycles. The number of rotatable bonds is 5. The van der Waals surface area contributed by atoms with Gasteiger partial charge in [0.1, 0.15) is 5.75 Å².